The van der Waals surface area contributed by atoms with Crippen LogP contribution in [0.3, 0.4) is 0 Å². The maximum atomic E-state index is 14.5. The normalized spacial score (nSPS) is 11.7. The summed E-state index contributed by atoms with van der Waals surface area (Å²) in [7, 11) is 0. The van der Waals surface area contributed by atoms with Gasteiger partial charge in [-0.05, 0) is 52.3 Å². The summed E-state index contributed by atoms with van der Waals surface area (Å²) in [5.41, 5.74) is 3.77. The third-order valence-corrected chi connectivity index (χ3v) is 5.25. The van der Waals surface area contributed by atoms with Crippen LogP contribution in [0.2, 0.25) is 0 Å². The number of alkyl halides is 3. The van der Waals surface area contributed by atoms with Crippen molar-refractivity contribution in [2.24, 2.45) is 0 Å². The van der Waals surface area contributed by atoms with Gasteiger partial charge in [0.25, 0.3) is 0 Å². The molecule has 0 bridgehead atoms. The van der Waals surface area contributed by atoms with Crippen molar-refractivity contribution >= 4 is 10.8 Å². The lowest BCUT2D eigenvalue weighted by molar-refractivity contribution is -0.275. The van der Waals surface area contributed by atoms with Crippen LogP contribution < -0.4 is 4.74 Å². The first-order valence-corrected chi connectivity index (χ1v) is 10.1. The van der Waals surface area contributed by atoms with Crippen molar-refractivity contribution in [3.63, 3.8) is 0 Å². The van der Waals surface area contributed by atoms with Crippen LogP contribution in [0, 0.1) is 11.6 Å². The smallest absolute Gasteiger partial charge is 0.403 e. The lowest BCUT2D eigenvalue weighted by Gasteiger charge is -2.12. The Hall–Kier alpha value is -3.41. The van der Waals surface area contributed by atoms with Gasteiger partial charge in [-0.3, -0.25) is 0 Å². The number of hydrogen-bond donors (Lipinski definition) is 0. The number of benzene rings is 4. The van der Waals surface area contributed by atoms with E-state index in [2.05, 4.69) is 4.74 Å². The monoisotopic (exact) mass is 442 g/mol. The summed E-state index contributed by atoms with van der Waals surface area (Å²) >= 11 is 0. The Morgan fingerprint density at radius 2 is 1.44 bits per heavy atom. The van der Waals surface area contributed by atoms with Gasteiger partial charge >= 0.3 is 6.36 Å². The van der Waals surface area contributed by atoms with Crippen LogP contribution in [0.5, 0.6) is 5.75 Å². The van der Waals surface area contributed by atoms with E-state index in [1.54, 1.807) is 36.4 Å². The molecule has 164 valence electrons. The minimum absolute atomic E-state index is 0.0290. The van der Waals surface area contributed by atoms with Gasteiger partial charge in [-0.15, -0.1) is 13.2 Å². The van der Waals surface area contributed by atoms with E-state index in [9.17, 15) is 22.0 Å². The van der Waals surface area contributed by atoms with Crippen molar-refractivity contribution in [2.75, 3.05) is 0 Å². The largest absolute Gasteiger partial charge is 0.573 e. The van der Waals surface area contributed by atoms with E-state index in [-0.39, 0.29) is 11.2 Å². The summed E-state index contributed by atoms with van der Waals surface area (Å²) < 4.78 is 70.0. The quantitative estimate of drug-likeness (QED) is 0.283. The van der Waals surface area contributed by atoms with Gasteiger partial charge in [0, 0.05) is 10.9 Å². The van der Waals surface area contributed by atoms with E-state index in [1.165, 1.54) is 12.1 Å². The van der Waals surface area contributed by atoms with Crippen LogP contribution >= 0.6 is 0 Å². The fourth-order valence-corrected chi connectivity index (χ4v) is 3.73. The molecule has 0 atom stereocenters. The van der Waals surface area contributed by atoms with E-state index in [0.29, 0.717) is 10.9 Å². The summed E-state index contributed by atoms with van der Waals surface area (Å²) in [5, 5.41) is 0.470. The second-order valence-corrected chi connectivity index (χ2v) is 7.50. The molecule has 4 aromatic carbocycles. The molecule has 0 aromatic heterocycles. The van der Waals surface area contributed by atoms with E-state index < -0.39 is 17.9 Å². The Bertz CT molecular complexity index is 1260. The molecular formula is C26H19F5O. The summed E-state index contributed by atoms with van der Waals surface area (Å²) in [6.45, 7) is 2.04. The van der Waals surface area contributed by atoms with Gasteiger partial charge in [-0.1, -0.05) is 67.9 Å². The highest BCUT2D eigenvalue weighted by molar-refractivity contribution is 5.89. The Kier molecular flexibility index (Phi) is 5.87. The Labute approximate surface area is 182 Å². The predicted octanol–water partition coefficient (Wildman–Crippen LogP) is 8.30. The molecule has 32 heavy (non-hydrogen) atoms. The molecule has 6 heteroatoms. The van der Waals surface area contributed by atoms with E-state index in [0.717, 1.165) is 41.2 Å². The number of halogens is 5. The van der Waals surface area contributed by atoms with Crippen molar-refractivity contribution in [3.05, 3.63) is 90.0 Å². The second-order valence-electron chi connectivity index (χ2n) is 7.50. The molecule has 0 spiro atoms. The molecule has 0 heterocycles. The minimum atomic E-state index is -4.97. The summed E-state index contributed by atoms with van der Waals surface area (Å²) in [5.74, 6) is -2.21. The third kappa shape index (κ3) is 4.59. The van der Waals surface area contributed by atoms with Crippen molar-refractivity contribution in [1.29, 1.82) is 0 Å². The summed E-state index contributed by atoms with van der Waals surface area (Å²) in [6.07, 6.45) is -3.20. The van der Waals surface area contributed by atoms with Gasteiger partial charge in [-0.2, -0.15) is 0 Å². The maximum absolute atomic E-state index is 14.5. The maximum Gasteiger partial charge on any atom is 0.573 e. The van der Waals surface area contributed by atoms with E-state index in [4.69, 9.17) is 0 Å². The summed E-state index contributed by atoms with van der Waals surface area (Å²) in [4.78, 5) is 0. The lowest BCUT2D eigenvalue weighted by atomic mass is 9.97. The van der Waals surface area contributed by atoms with Gasteiger partial charge < -0.3 is 4.74 Å². The highest BCUT2D eigenvalue weighted by Gasteiger charge is 2.32. The first-order chi connectivity index (χ1) is 15.2. The fourth-order valence-electron chi connectivity index (χ4n) is 3.73. The Morgan fingerprint density at radius 3 is 2.09 bits per heavy atom. The van der Waals surface area contributed by atoms with Gasteiger partial charge in [0.15, 0.2) is 11.6 Å². The molecule has 4 aromatic rings. The first kappa shape index (κ1) is 21.8. The molecule has 0 radical (unpaired) electrons. The molecule has 0 aliphatic carbocycles. The highest BCUT2D eigenvalue weighted by Crippen LogP contribution is 2.34. The molecule has 0 unspecified atom stereocenters. The molecular weight excluding hydrogens is 423 g/mol. The molecule has 1 nitrogen and oxygen atoms in total. The topological polar surface area (TPSA) is 9.23 Å². The van der Waals surface area contributed by atoms with Crippen molar-refractivity contribution < 1.29 is 26.7 Å². The molecule has 0 saturated carbocycles. The summed E-state index contributed by atoms with van der Waals surface area (Å²) in [6, 6.07) is 19.6. The van der Waals surface area contributed by atoms with Crippen molar-refractivity contribution in [3.8, 4) is 28.0 Å². The zero-order valence-electron chi connectivity index (χ0n) is 17.1. The molecule has 4 rings (SSSR count). The van der Waals surface area contributed by atoms with Crippen LogP contribution in [0.15, 0.2) is 72.8 Å². The molecule has 0 aliphatic heterocycles. The Balaban J connectivity index is 1.63. The molecule has 0 amide bonds. The number of hydrogen-bond acceptors (Lipinski definition) is 1. The highest BCUT2D eigenvalue weighted by atomic mass is 19.4. The number of ether oxygens (including phenoxy) is 1. The van der Waals surface area contributed by atoms with Crippen LogP contribution in [0.4, 0.5) is 22.0 Å². The van der Waals surface area contributed by atoms with Crippen molar-refractivity contribution in [1.82, 2.24) is 0 Å². The van der Waals surface area contributed by atoms with E-state index >= 15 is 0 Å². The van der Waals surface area contributed by atoms with Gasteiger partial charge in [0.05, 0.1) is 0 Å². The number of fused-ring (bicyclic) bond motifs is 1. The Morgan fingerprint density at radius 1 is 0.750 bits per heavy atom. The molecule has 0 aliphatic rings. The van der Waals surface area contributed by atoms with Crippen LogP contribution in [0.1, 0.15) is 18.9 Å². The number of rotatable bonds is 5. The minimum Gasteiger partial charge on any atom is -0.403 e. The van der Waals surface area contributed by atoms with E-state index in [1.807, 2.05) is 25.1 Å². The average molecular weight is 442 g/mol. The van der Waals surface area contributed by atoms with Crippen LogP contribution in [0.25, 0.3) is 33.0 Å². The van der Waals surface area contributed by atoms with Crippen molar-refractivity contribution in [2.45, 2.75) is 26.1 Å². The average Bonchev–Trinajstić information content (AvgIpc) is 2.75. The van der Waals surface area contributed by atoms with Gasteiger partial charge in [0.2, 0.25) is 0 Å². The zero-order valence-corrected chi connectivity index (χ0v) is 17.1. The molecule has 0 saturated heterocycles. The lowest BCUT2D eigenvalue weighted by Crippen LogP contribution is -2.17. The third-order valence-electron chi connectivity index (χ3n) is 5.25. The second kappa shape index (κ2) is 8.61. The molecule has 0 N–H and O–H groups in total. The standard InChI is InChI=1S/C26H19F5O/c1-2-3-16-4-11-21(23(27)14-16)18-7-5-17(6-8-18)19-9-12-22-20(15-19)10-13-24(25(22)28)32-26(29,30)31/h4-15H,2-3H2,1H3. The zero-order chi connectivity index (χ0) is 22.9. The van der Waals surface area contributed by atoms with Crippen LogP contribution in [-0.4, -0.2) is 6.36 Å². The SMILES string of the molecule is CCCc1ccc(-c2ccc(-c3ccc4c(F)c(OC(F)(F)F)ccc4c3)cc2)c(F)c1. The van der Waals surface area contributed by atoms with Gasteiger partial charge in [-0.25, -0.2) is 8.78 Å². The fraction of sp³-hybridized carbons (Fsp3) is 0.154. The predicted molar refractivity (Wildman–Crippen MR) is 115 cm³/mol. The number of aryl methyl sites for hydroxylation is 1. The van der Waals surface area contributed by atoms with Crippen LogP contribution in [-0.2, 0) is 6.42 Å². The first-order valence-electron chi connectivity index (χ1n) is 10.1. The molecule has 0 fully saturated rings. The van der Waals surface area contributed by atoms with Gasteiger partial charge in [0.1, 0.15) is 5.82 Å².